The highest BCUT2D eigenvalue weighted by atomic mass is 35.5. The molecule has 1 unspecified atom stereocenters. The Morgan fingerprint density at radius 2 is 2.10 bits per heavy atom. The van der Waals surface area contributed by atoms with Gasteiger partial charge in [0.25, 0.3) is 0 Å². The van der Waals surface area contributed by atoms with Gasteiger partial charge in [-0.1, -0.05) is 30.1 Å². The first-order chi connectivity index (χ1) is 9.54. The molecule has 108 valence electrons. The van der Waals surface area contributed by atoms with Gasteiger partial charge in [0, 0.05) is 6.54 Å². The Morgan fingerprint density at radius 1 is 1.40 bits per heavy atom. The van der Waals surface area contributed by atoms with Crippen molar-refractivity contribution < 1.29 is 9.53 Å². The zero-order valence-electron chi connectivity index (χ0n) is 10.9. The third-order valence-corrected chi connectivity index (χ3v) is 3.83. The molecule has 0 fully saturated rings. The minimum absolute atomic E-state index is 0.252. The van der Waals surface area contributed by atoms with Crippen molar-refractivity contribution in [3.8, 4) is 0 Å². The first-order valence-electron chi connectivity index (χ1n) is 6.05. The lowest BCUT2D eigenvalue weighted by Gasteiger charge is -2.14. The predicted octanol–water partition coefficient (Wildman–Crippen LogP) is 3.61. The van der Waals surface area contributed by atoms with Gasteiger partial charge in [0.05, 0.1) is 40.0 Å². The van der Waals surface area contributed by atoms with E-state index in [1.807, 2.05) is 0 Å². The van der Waals surface area contributed by atoms with Crippen LogP contribution >= 0.6 is 34.9 Å². The van der Waals surface area contributed by atoms with Gasteiger partial charge in [0.1, 0.15) is 11.0 Å². The Balaban J connectivity index is 2.18. The smallest absolute Gasteiger partial charge is 0.310 e. The molecule has 20 heavy (non-hydrogen) atoms. The molecule has 2 aromatic rings. The van der Waals surface area contributed by atoms with Crippen molar-refractivity contribution >= 4 is 57.6 Å². The first kappa shape index (κ1) is 15.3. The summed E-state index contributed by atoms with van der Waals surface area (Å²) >= 11 is 13.3. The van der Waals surface area contributed by atoms with Crippen LogP contribution in [0.25, 0.3) is 11.0 Å². The van der Waals surface area contributed by atoms with Crippen molar-refractivity contribution in [1.82, 2.24) is 8.75 Å². The standard InChI is InChI=1S/C12H13Cl2N3O2S/c1-3-19-12(18)6(2)5-15-9-7(13)4-8(14)10-11(9)17-20-16-10/h4,6,15H,3,5H2,1-2H3. The molecule has 2 rings (SSSR count). The van der Waals surface area contributed by atoms with Gasteiger partial charge in [-0.3, -0.25) is 4.79 Å². The highest BCUT2D eigenvalue weighted by molar-refractivity contribution is 7.00. The van der Waals surface area contributed by atoms with Crippen LogP contribution in [-0.4, -0.2) is 27.9 Å². The molecule has 0 saturated heterocycles. The molecule has 1 N–H and O–H groups in total. The van der Waals surface area contributed by atoms with E-state index in [1.54, 1.807) is 19.9 Å². The van der Waals surface area contributed by atoms with Crippen LogP contribution in [0.15, 0.2) is 6.07 Å². The maximum absolute atomic E-state index is 11.6. The number of fused-ring (bicyclic) bond motifs is 1. The largest absolute Gasteiger partial charge is 0.466 e. The average molecular weight is 334 g/mol. The van der Waals surface area contributed by atoms with Crippen LogP contribution in [-0.2, 0) is 9.53 Å². The van der Waals surface area contributed by atoms with Gasteiger partial charge in [-0.05, 0) is 13.0 Å². The van der Waals surface area contributed by atoms with Crippen LogP contribution < -0.4 is 5.32 Å². The van der Waals surface area contributed by atoms with Crippen LogP contribution in [0.5, 0.6) is 0 Å². The van der Waals surface area contributed by atoms with E-state index in [0.717, 1.165) is 11.7 Å². The molecular formula is C12H13Cl2N3O2S. The summed E-state index contributed by atoms with van der Waals surface area (Å²) in [5.41, 5.74) is 1.85. The summed E-state index contributed by atoms with van der Waals surface area (Å²) in [5.74, 6) is -0.541. The number of esters is 1. The third kappa shape index (κ3) is 3.13. The van der Waals surface area contributed by atoms with E-state index in [4.69, 9.17) is 27.9 Å². The summed E-state index contributed by atoms with van der Waals surface area (Å²) in [6, 6.07) is 1.62. The molecule has 0 aliphatic heterocycles. The Bertz CT molecular complexity index is 632. The van der Waals surface area contributed by atoms with Crippen molar-refractivity contribution in [2.24, 2.45) is 5.92 Å². The van der Waals surface area contributed by atoms with Gasteiger partial charge in [-0.2, -0.15) is 8.75 Å². The number of rotatable bonds is 5. The first-order valence-corrected chi connectivity index (χ1v) is 7.54. The normalized spacial score (nSPS) is 12.4. The number of nitrogens with zero attached hydrogens (tertiary/aromatic N) is 2. The number of carbonyl (C=O) groups excluding carboxylic acids is 1. The molecule has 0 aliphatic rings. The number of halogens is 2. The number of hydrogen-bond acceptors (Lipinski definition) is 6. The third-order valence-electron chi connectivity index (χ3n) is 2.72. The molecule has 0 radical (unpaired) electrons. The second-order valence-corrected chi connectivity index (χ2v) is 5.55. The Hall–Kier alpha value is -1.11. The number of carbonyl (C=O) groups is 1. The molecule has 0 aliphatic carbocycles. The second kappa shape index (κ2) is 6.56. The molecule has 1 atom stereocenters. The van der Waals surface area contributed by atoms with Gasteiger partial charge in [0.2, 0.25) is 0 Å². The van der Waals surface area contributed by atoms with Gasteiger partial charge in [-0.25, -0.2) is 0 Å². The monoisotopic (exact) mass is 333 g/mol. The van der Waals surface area contributed by atoms with Crippen molar-refractivity contribution in [2.45, 2.75) is 13.8 Å². The van der Waals surface area contributed by atoms with Crippen LogP contribution in [0.2, 0.25) is 10.0 Å². The number of nitrogens with one attached hydrogen (secondary N) is 1. The quantitative estimate of drug-likeness (QED) is 0.846. The number of hydrogen-bond donors (Lipinski definition) is 1. The van der Waals surface area contributed by atoms with Crippen LogP contribution in [0.1, 0.15) is 13.8 Å². The van der Waals surface area contributed by atoms with Crippen molar-refractivity contribution in [3.05, 3.63) is 16.1 Å². The van der Waals surface area contributed by atoms with E-state index < -0.39 is 0 Å². The summed E-state index contributed by atoms with van der Waals surface area (Å²) < 4.78 is 13.3. The number of anilines is 1. The van der Waals surface area contributed by atoms with Crippen LogP contribution in [0, 0.1) is 5.92 Å². The molecule has 1 aromatic carbocycles. The topological polar surface area (TPSA) is 64.1 Å². The fourth-order valence-corrected chi connectivity index (χ4v) is 2.84. The molecule has 0 amide bonds. The highest BCUT2D eigenvalue weighted by Crippen LogP contribution is 2.35. The summed E-state index contributed by atoms with van der Waals surface area (Å²) in [6.45, 7) is 4.32. The van der Waals surface area contributed by atoms with Crippen LogP contribution in [0.3, 0.4) is 0 Å². The van der Waals surface area contributed by atoms with Crippen LogP contribution in [0.4, 0.5) is 5.69 Å². The fraction of sp³-hybridized carbons (Fsp3) is 0.417. The molecule has 0 spiro atoms. The van der Waals surface area contributed by atoms with Gasteiger partial charge in [0.15, 0.2) is 0 Å². The van der Waals surface area contributed by atoms with E-state index >= 15 is 0 Å². The molecule has 0 saturated carbocycles. The lowest BCUT2D eigenvalue weighted by Crippen LogP contribution is -2.22. The maximum Gasteiger partial charge on any atom is 0.310 e. The fourth-order valence-electron chi connectivity index (χ4n) is 1.67. The minimum Gasteiger partial charge on any atom is -0.466 e. The molecule has 5 nitrogen and oxygen atoms in total. The lowest BCUT2D eigenvalue weighted by molar-refractivity contribution is -0.146. The van der Waals surface area contributed by atoms with E-state index in [9.17, 15) is 4.79 Å². The Labute approximate surface area is 130 Å². The second-order valence-electron chi connectivity index (χ2n) is 4.21. The number of benzene rings is 1. The lowest BCUT2D eigenvalue weighted by atomic mass is 10.1. The zero-order valence-corrected chi connectivity index (χ0v) is 13.3. The Kier molecular flexibility index (Phi) is 5.01. The number of aromatic nitrogens is 2. The van der Waals surface area contributed by atoms with Gasteiger partial charge >= 0.3 is 5.97 Å². The maximum atomic E-state index is 11.6. The summed E-state index contributed by atoms with van der Waals surface area (Å²) in [5, 5.41) is 4.03. The summed E-state index contributed by atoms with van der Waals surface area (Å²) in [7, 11) is 0. The SMILES string of the molecule is CCOC(=O)C(C)CNc1c(Cl)cc(Cl)c2nsnc12. The molecule has 1 aromatic heterocycles. The molecular weight excluding hydrogens is 321 g/mol. The van der Waals surface area contributed by atoms with E-state index in [2.05, 4.69) is 14.1 Å². The average Bonchev–Trinajstić information content (AvgIpc) is 2.88. The van der Waals surface area contributed by atoms with E-state index in [-0.39, 0.29) is 11.9 Å². The van der Waals surface area contributed by atoms with Crippen molar-refractivity contribution in [1.29, 1.82) is 0 Å². The van der Waals surface area contributed by atoms with Crippen molar-refractivity contribution in [3.63, 3.8) is 0 Å². The minimum atomic E-state index is -0.289. The van der Waals surface area contributed by atoms with Gasteiger partial charge in [-0.15, -0.1) is 0 Å². The number of ether oxygens (including phenoxy) is 1. The van der Waals surface area contributed by atoms with E-state index in [1.165, 1.54) is 0 Å². The zero-order chi connectivity index (χ0) is 14.7. The van der Waals surface area contributed by atoms with Gasteiger partial charge < -0.3 is 10.1 Å². The highest BCUT2D eigenvalue weighted by Gasteiger charge is 2.17. The molecule has 1 heterocycles. The van der Waals surface area contributed by atoms with Crippen molar-refractivity contribution in [2.75, 3.05) is 18.5 Å². The van der Waals surface area contributed by atoms with E-state index in [0.29, 0.717) is 39.9 Å². The molecule has 8 heteroatoms. The summed E-state index contributed by atoms with van der Waals surface area (Å²) in [4.78, 5) is 11.6. The predicted molar refractivity (Wildman–Crippen MR) is 81.7 cm³/mol. The summed E-state index contributed by atoms with van der Waals surface area (Å²) in [6.07, 6.45) is 0. The Morgan fingerprint density at radius 3 is 2.80 bits per heavy atom. The molecule has 0 bridgehead atoms.